The zero-order chi connectivity index (χ0) is 17.3. The number of Topliss-reactive ketones (excluding diaryl/α,β-unsaturated/α-hetero) is 1. The molecular formula is C21H32O3. The smallest absolute Gasteiger partial charge is 0.161 e. The fourth-order valence-electron chi connectivity index (χ4n) is 7.30. The summed E-state index contributed by atoms with van der Waals surface area (Å²) in [7, 11) is 0. The average Bonchev–Trinajstić information content (AvgIpc) is 2.81. The van der Waals surface area contributed by atoms with Crippen LogP contribution in [0.25, 0.3) is 0 Å². The Kier molecular flexibility index (Phi) is 3.61. The summed E-state index contributed by atoms with van der Waals surface area (Å²) in [6.45, 7) is 6.17. The van der Waals surface area contributed by atoms with Gasteiger partial charge in [-0.2, -0.15) is 0 Å². The van der Waals surface area contributed by atoms with Crippen molar-refractivity contribution in [3.63, 3.8) is 0 Å². The molecule has 0 bridgehead atoms. The molecule has 0 aromatic carbocycles. The highest BCUT2D eigenvalue weighted by atomic mass is 16.3. The second kappa shape index (κ2) is 5.17. The summed E-state index contributed by atoms with van der Waals surface area (Å²) in [5, 5.41) is 21.2. The number of hydrogen-bond donors (Lipinski definition) is 2. The Morgan fingerprint density at radius 2 is 1.79 bits per heavy atom. The van der Waals surface area contributed by atoms with Crippen LogP contribution in [-0.2, 0) is 4.79 Å². The summed E-state index contributed by atoms with van der Waals surface area (Å²) < 4.78 is 0. The van der Waals surface area contributed by atoms with Gasteiger partial charge in [0.1, 0.15) is 5.60 Å². The number of hydrogen-bond acceptors (Lipinski definition) is 3. The molecule has 4 rings (SSSR count). The topological polar surface area (TPSA) is 57.5 Å². The lowest BCUT2D eigenvalue weighted by atomic mass is 9.46. The Bertz CT molecular complexity index is 596. The maximum atomic E-state index is 12.2. The molecule has 7 atom stereocenters. The van der Waals surface area contributed by atoms with Crippen molar-refractivity contribution in [3.8, 4) is 0 Å². The lowest BCUT2D eigenvalue weighted by Crippen LogP contribution is -2.57. The van der Waals surface area contributed by atoms with Crippen molar-refractivity contribution in [1.82, 2.24) is 0 Å². The van der Waals surface area contributed by atoms with E-state index >= 15 is 0 Å². The molecule has 4 aliphatic carbocycles. The van der Waals surface area contributed by atoms with Crippen LogP contribution in [0.5, 0.6) is 0 Å². The van der Waals surface area contributed by atoms with Crippen LogP contribution < -0.4 is 0 Å². The number of fused-ring (bicyclic) bond motifs is 5. The zero-order valence-corrected chi connectivity index (χ0v) is 15.3. The van der Waals surface area contributed by atoms with Crippen molar-refractivity contribution >= 4 is 5.78 Å². The first-order valence-corrected chi connectivity index (χ1v) is 9.85. The van der Waals surface area contributed by atoms with Crippen LogP contribution in [0.3, 0.4) is 0 Å². The van der Waals surface area contributed by atoms with Gasteiger partial charge in [0.2, 0.25) is 0 Å². The Morgan fingerprint density at radius 3 is 2.50 bits per heavy atom. The summed E-state index contributed by atoms with van der Waals surface area (Å²) >= 11 is 0. The molecule has 4 aliphatic rings. The summed E-state index contributed by atoms with van der Waals surface area (Å²) in [5.41, 5.74) is 0.347. The number of carbonyl (C=O) groups excluding carboxylic acids is 1. The zero-order valence-electron chi connectivity index (χ0n) is 15.3. The molecule has 3 fully saturated rings. The predicted octanol–water partition coefficient (Wildman–Crippen LogP) is 3.63. The van der Waals surface area contributed by atoms with Gasteiger partial charge in [0.15, 0.2) is 5.78 Å². The van der Waals surface area contributed by atoms with Gasteiger partial charge in [-0.25, -0.2) is 0 Å². The van der Waals surface area contributed by atoms with Gasteiger partial charge < -0.3 is 10.2 Å². The van der Waals surface area contributed by atoms with Crippen molar-refractivity contribution in [2.75, 3.05) is 0 Å². The first-order chi connectivity index (χ1) is 11.2. The minimum Gasteiger partial charge on any atom is -0.389 e. The van der Waals surface area contributed by atoms with Gasteiger partial charge in [-0.05, 0) is 81.5 Å². The minimum absolute atomic E-state index is 0.0330. The number of rotatable bonds is 1. The summed E-state index contributed by atoms with van der Waals surface area (Å²) in [6.07, 6.45) is 9.78. The normalized spacial score (nSPS) is 53.6. The average molecular weight is 332 g/mol. The Labute approximate surface area is 145 Å². The molecule has 0 spiro atoms. The summed E-state index contributed by atoms with van der Waals surface area (Å²) in [5.74, 6) is 1.71. The maximum Gasteiger partial charge on any atom is 0.161 e. The highest BCUT2D eigenvalue weighted by molar-refractivity contribution is 5.86. The fourth-order valence-corrected chi connectivity index (χ4v) is 7.30. The van der Waals surface area contributed by atoms with Crippen LogP contribution in [0.15, 0.2) is 11.6 Å². The van der Waals surface area contributed by atoms with Crippen LogP contribution in [0.1, 0.15) is 72.1 Å². The molecule has 0 aromatic rings. The lowest BCUT2D eigenvalue weighted by molar-refractivity contribution is -0.160. The van der Waals surface area contributed by atoms with Gasteiger partial charge in [0.05, 0.1) is 6.10 Å². The van der Waals surface area contributed by atoms with E-state index in [9.17, 15) is 15.0 Å². The molecule has 3 heteroatoms. The number of aliphatic hydroxyl groups is 2. The lowest BCUT2D eigenvalue weighted by Gasteiger charge is -2.59. The third-order valence-electron chi connectivity index (χ3n) is 8.82. The molecule has 0 saturated heterocycles. The van der Waals surface area contributed by atoms with Gasteiger partial charge in [0, 0.05) is 5.41 Å². The van der Waals surface area contributed by atoms with E-state index in [0.717, 1.165) is 44.9 Å². The van der Waals surface area contributed by atoms with Crippen molar-refractivity contribution in [2.45, 2.75) is 83.8 Å². The second-order valence-electron chi connectivity index (χ2n) is 9.54. The van der Waals surface area contributed by atoms with Crippen molar-refractivity contribution < 1.29 is 15.0 Å². The van der Waals surface area contributed by atoms with E-state index in [0.29, 0.717) is 24.2 Å². The molecule has 0 heterocycles. The Morgan fingerprint density at radius 1 is 1.08 bits per heavy atom. The van der Waals surface area contributed by atoms with E-state index in [1.165, 1.54) is 5.57 Å². The maximum absolute atomic E-state index is 12.2. The molecule has 2 N–H and O–H groups in total. The number of ketones is 1. The van der Waals surface area contributed by atoms with Gasteiger partial charge in [-0.1, -0.05) is 25.5 Å². The van der Waals surface area contributed by atoms with E-state index < -0.39 is 5.60 Å². The van der Waals surface area contributed by atoms with Crippen molar-refractivity contribution in [1.29, 1.82) is 0 Å². The van der Waals surface area contributed by atoms with E-state index in [1.807, 2.05) is 0 Å². The van der Waals surface area contributed by atoms with Crippen molar-refractivity contribution in [2.24, 2.45) is 28.6 Å². The molecule has 0 amide bonds. The molecule has 3 nitrogen and oxygen atoms in total. The SMILES string of the molecule is CC(=O)[C@@]1(O)CC[C@H]2[C@@H]3CCC4=C[C@H](O)CC[C@]4(C)[C@H]3CC[C@@]21C. The first kappa shape index (κ1) is 16.8. The summed E-state index contributed by atoms with van der Waals surface area (Å²) in [6, 6.07) is 0. The standard InChI is InChI=1S/C21H32O3/c1-13(22)21(24)11-8-18-16-5-4-14-12-15(23)6-9-19(14,2)17(16)7-10-20(18,21)3/h12,15-18,23-24H,4-11H2,1-3H3/t15-,16-,17+,18+,19+,20+,21+/m1/s1. The number of allylic oxidation sites excluding steroid dienone is 1. The van der Waals surface area contributed by atoms with E-state index in [4.69, 9.17) is 0 Å². The first-order valence-electron chi connectivity index (χ1n) is 9.85. The van der Waals surface area contributed by atoms with Crippen LogP contribution >= 0.6 is 0 Å². The van der Waals surface area contributed by atoms with Crippen LogP contribution in [-0.4, -0.2) is 27.7 Å². The number of carbonyl (C=O) groups is 1. The number of aliphatic hydroxyl groups excluding tert-OH is 1. The summed E-state index contributed by atoms with van der Waals surface area (Å²) in [4.78, 5) is 12.2. The van der Waals surface area contributed by atoms with Gasteiger partial charge in [-0.15, -0.1) is 0 Å². The van der Waals surface area contributed by atoms with E-state index in [1.54, 1.807) is 6.92 Å². The molecular weight excluding hydrogens is 300 g/mol. The van der Waals surface area contributed by atoms with Crippen LogP contribution in [0.2, 0.25) is 0 Å². The molecule has 0 aliphatic heterocycles. The molecule has 0 radical (unpaired) electrons. The highest BCUT2D eigenvalue weighted by Gasteiger charge is 2.65. The third kappa shape index (κ3) is 1.94. The highest BCUT2D eigenvalue weighted by Crippen LogP contribution is 2.67. The van der Waals surface area contributed by atoms with E-state index in [2.05, 4.69) is 19.9 Å². The van der Waals surface area contributed by atoms with Gasteiger partial charge >= 0.3 is 0 Å². The minimum atomic E-state index is -1.11. The predicted molar refractivity (Wildman–Crippen MR) is 93.3 cm³/mol. The molecule has 134 valence electrons. The molecule has 0 unspecified atom stereocenters. The second-order valence-corrected chi connectivity index (χ2v) is 9.54. The monoisotopic (exact) mass is 332 g/mol. The van der Waals surface area contributed by atoms with Gasteiger partial charge in [-0.3, -0.25) is 4.79 Å². The van der Waals surface area contributed by atoms with Gasteiger partial charge in [0.25, 0.3) is 0 Å². The fraction of sp³-hybridized carbons (Fsp3) is 0.857. The quantitative estimate of drug-likeness (QED) is 0.721. The van der Waals surface area contributed by atoms with E-state index in [-0.39, 0.29) is 22.7 Å². The Hall–Kier alpha value is -0.670. The Balaban J connectivity index is 1.69. The van der Waals surface area contributed by atoms with Crippen LogP contribution in [0, 0.1) is 28.6 Å². The van der Waals surface area contributed by atoms with Crippen LogP contribution in [0.4, 0.5) is 0 Å². The largest absolute Gasteiger partial charge is 0.389 e. The third-order valence-corrected chi connectivity index (χ3v) is 8.82. The molecule has 24 heavy (non-hydrogen) atoms. The van der Waals surface area contributed by atoms with Crippen molar-refractivity contribution in [3.05, 3.63) is 11.6 Å². The molecule has 3 saturated carbocycles. The molecule has 0 aromatic heterocycles.